The summed E-state index contributed by atoms with van der Waals surface area (Å²) in [6.07, 6.45) is 6.87. The summed E-state index contributed by atoms with van der Waals surface area (Å²) in [7, 11) is 1.59. The van der Waals surface area contributed by atoms with Gasteiger partial charge in [0.25, 0.3) is 0 Å². The standard InChI is InChI=1S/C24H29NO5/c1-29-20-4-2-19(3-5-20)25-13-18(9-22(25)27)23(28)30-14-21(26)24-10-15-6-16(11-24)8-17(7-15)12-24/h2-5,15-18H,6-14H2,1H3/t15?,16?,17?,18-,24?/m0/s1. The number of Topliss-reactive ketones (excluding diaryl/α,β-unsaturated/α-hetero) is 1. The van der Waals surface area contributed by atoms with E-state index in [1.807, 2.05) is 0 Å². The molecular formula is C24H29NO5. The van der Waals surface area contributed by atoms with Crippen LogP contribution < -0.4 is 9.64 Å². The lowest BCUT2D eigenvalue weighted by atomic mass is 9.48. The number of rotatable bonds is 6. The molecule has 1 aromatic rings. The number of hydrogen-bond donors (Lipinski definition) is 0. The molecule has 5 aliphatic rings. The Morgan fingerprint density at radius 3 is 2.20 bits per heavy atom. The Balaban J connectivity index is 1.18. The van der Waals surface area contributed by atoms with Crippen molar-refractivity contribution in [1.29, 1.82) is 0 Å². The number of benzene rings is 1. The summed E-state index contributed by atoms with van der Waals surface area (Å²) in [6.45, 7) is 0.147. The first-order chi connectivity index (χ1) is 14.5. The molecule has 0 spiro atoms. The van der Waals surface area contributed by atoms with Crippen molar-refractivity contribution in [2.45, 2.75) is 44.9 Å². The van der Waals surface area contributed by atoms with Crippen LogP contribution in [0, 0.1) is 29.1 Å². The summed E-state index contributed by atoms with van der Waals surface area (Å²) < 4.78 is 10.6. The molecule has 1 aliphatic heterocycles. The fraction of sp³-hybridized carbons (Fsp3) is 0.625. The molecule has 0 radical (unpaired) electrons. The van der Waals surface area contributed by atoms with E-state index in [0.29, 0.717) is 23.5 Å². The van der Waals surface area contributed by atoms with Gasteiger partial charge in [-0.2, -0.15) is 0 Å². The van der Waals surface area contributed by atoms with Crippen LogP contribution in [0.5, 0.6) is 5.75 Å². The molecule has 6 rings (SSSR count). The molecule has 4 bridgehead atoms. The van der Waals surface area contributed by atoms with Crippen molar-refractivity contribution in [3.63, 3.8) is 0 Å². The van der Waals surface area contributed by atoms with Crippen LogP contribution in [-0.2, 0) is 19.1 Å². The number of methoxy groups -OCH3 is 1. The fourth-order valence-electron chi connectivity index (χ4n) is 6.74. The van der Waals surface area contributed by atoms with Gasteiger partial charge in [-0.25, -0.2) is 0 Å². The highest BCUT2D eigenvalue weighted by Crippen LogP contribution is 2.60. The number of ether oxygens (including phenoxy) is 2. The minimum absolute atomic E-state index is 0.102. The van der Waals surface area contributed by atoms with Gasteiger partial charge in [0.15, 0.2) is 12.4 Å². The number of carbonyl (C=O) groups excluding carboxylic acids is 3. The van der Waals surface area contributed by atoms with Crippen LogP contribution in [0.15, 0.2) is 24.3 Å². The van der Waals surface area contributed by atoms with Crippen LogP contribution in [0.4, 0.5) is 5.69 Å². The Morgan fingerprint density at radius 1 is 1.03 bits per heavy atom. The van der Waals surface area contributed by atoms with E-state index >= 15 is 0 Å². The van der Waals surface area contributed by atoms with Crippen molar-refractivity contribution in [2.24, 2.45) is 29.1 Å². The summed E-state index contributed by atoms with van der Waals surface area (Å²) in [5, 5.41) is 0. The normalized spacial score (nSPS) is 34.3. The van der Waals surface area contributed by atoms with Crippen molar-refractivity contribution in [1.82, 2.24) is 0 Å². The Kier molecular flexibility index (Phi) is 4.83. The third-order valence-electron chi connectivity index (χ3n) is 7.82. The van der Waals surface area contributed by atoms with Crippen molar-refractivity contribution < 1.29 is 23.9 Å². The second kappa shape index (κ2) is 7.40. The van der Waals surface area contributed by atoms with Gasteiger partial charge in [-0.3, -0.25) is 14.4 Å². The number of amides is 1. The Bertz CT molecular complexity index is 826. The SMILES string of the molecule is COc1ccc(N2C[C@@H](C(=O)OCC(=O)C34CC5CC(CC(C5)C3)C4)CC2=O)cc1. The van der Waals surface area contributed by atoms with Crippen molar-refractivity contribution in [3.05, 3.63) is 24.3 Å². The molecule has 1 saturated heterocycles. The minimum atomic E-state index is -0.524. The van der Waals surface area contributed by atoms with Crippen LogP contribution in [0.3, 0.4) is 0 Å². The molecule has 30 heavy (non-hydrogen) atoms. The van der Waals surface area contributed by atoms with Gasteiger partial charge >= 0.3 is 5.97 Å². The summed E-state index contributed by atoms with van der Waals surface area (Å²) in [6, 6.07) is 7.19. The lowest BCUT2D eigenvalue weighted by molar-refractivity contribution is -0.160. The summed E-state index contributed by atoms with van der Waals surface area (Å²) >= 11 is 0. The average molecular weight is 411 g/mol. The second-order valence-corrected chi connectivity index (χ2v) is 9.83. The van der Waals surface area contributed by atoms with Crippen LogP contribution in [-0.4, -0.2) is 37.9 Å². The van der Waals surface area contributed by atoms with E-state index in [1.54, 1.807) is 36.3 Å². The number of hydrogen-bond acceptors (Lipinski definition) is 5. The quantitative estimate of drug-likeness (QED) is 0.671. The molecule has 0 N–H and O–H groups in total. The van der Waals surface area contributed by atoms with E-state index in [1.165, 1.54) is 19.3 Å². The van der Waals surface area contributed by atoms with Crippen molar-refractivity contribution in [3.8, 4) is 5.75 Å². The molecule has 0 aromatic heterocycles. The third kappa shape index (κ3) is 3.40. The van der Waals surface area contributed by atoms with Crippen molar-refractivity contribution >= 4 is 23.3 Å². The molecule has 1 amide bonds. The topological polar surface area (TPSA) is 72.9 Å². The highest BCUT2D eigenvalue weighted by atomic mass is 16.5. The number of anilines is 1. The maximum Gasteiger partial charge on any atom is 0.311 e. The molecule has 1 atom stereocenters. The molecule has 6 heteroatoms. The largest absolute Gasteiger partial charge is 0.497 e. The Hall–Kier alpha value is -2.37. The van der Waals surface area contributed by atoms with Gasteiger partial charge in [0.2, 0.25) is 5.91 Å². The molecule has 1 heterocycles. The zero-order valence-electron chi connectivity index (χ0n) is 17.5. The molecule has 1 aromatic carbocycles. The van der Waals surface area contributed by atoms with E-state index in [4.69, 9.17) is 9.47 Å². The molecule has 6 nitrogen and oxygen atoms in total. The number of ketones is 1. The van der Waals surface area contributed by atoms with E-state index in [-0.39, 0.29) is 36.7 Å². The number of esters is 1. The van der Waals surface area contributed by atoms with E-state index in [2.05, 4.69) is 0 Å². The van der Waals surface area contributed by atoms with Gasteiger partial charge in [0, 0.05) is 24.1 Å². The summed E-state index contributed by atoms with van der Waals surface area (Å²) in [4.78, 5) is 39.7. The third-order valence-corrected chi connectivity index (χ3v) is 7.82. The van der Waals surface area contributed by atoms with Crippen LogP contribution >= 0.6 is 0 Å². The number of nitrogens with zero attached hydrogens (tertiary/aromatic N) is 1. The first-order valence-electron chi connectivity index (χ1n) is 11.1. The minimum Gasteiger partial charge on any atom is -0.497 e. The molecule has 5 fully saturated rings. The van der Waals surface area contributed by atoms with Gasteiger partial charge in [-0.05, 0) is 80.5 Å². The lowest BCUT2D eigenvalue weighted by Crippen LogP contribution is -2.51. The highest BCUT2D eigenvalue weighted by Gasteiger charge is 2.54. The second-order valence-electron chi connectivity index (χ2n) is 9.83. The highest BCUT2D eigenvalue weighted by molar-refractivity contribution is 5.99. The Morgan fingerprint density at radius 2 is 1.63 bits per heavy atom. The zero-order chi connectivity index (χ0) is 20.9. The van der Waals surface area contributed by atoms with Crippen LogP contribution in [0.25, 0.3) is 0 Å². The molecule has 0 unspecified atom stereocenters. The van der Waals surface area contributed by atoms with Crippen molar-refractivity contribution in [2.75, 3.05) is 25.2 Å². The van der Waals surface area contributed by atoms with E-state index in [0.717, 1.165) is 24.9 Å². The molecule has 4 saturated carbocycles. The van der Waals surface area contributed by atoms with Crippen LogP contribution in [0.1, 0.15) is 44.9 Å². The molecule has 160 valence electrons. The van der Waals surface area contributed by atoms with E-state index < -0.39 is 11.9 Å². The average Bonchev–Trinajstić information content (AvgIpc) is 3.12. The Labute approximate surface area is 176 Å². The monoisotopic (exact) mass is 411 g/mol. The van der Waals surface area contributed by atoms with E-state index in [9.17, 15) is 14.4 Å². The van der Waals surface area contributed by atoms with Gasteiger partial charge in [-0.15, -0.1) is 0 Å². The predicted molar refractivity (Wildman–Crippen MR) is 110 cm³/mol. The fourth-order valence-corrected chi connectivity index (χ4v) is 6.74. The smallest absolute Gasteiger partial charge is 0.311 e. The first-order valence-corrected chi connectivity index (χ1v) is 11.1. The summed E-state index contributed by atoms with van der Waals surface area (Å²) in [5.41, 5.74) is 0.482. The van der Waals surface area contributed by atoms with Gasteiger partial charge in [0.1, 0.15) is 5.75 Å². The van der Waals surface area contributed by atoms with Crippen LogP contribution in [0.2, 0.25) is 0 Å². The van der Waals surface area contributed by atoms with Gasteiger partial charge < -0.3 is 14.4 Å². The molecule has 4 aliphatic carbocycles. The maximum absolute atomic E-state index is 13.1. The van der Waals surface area contributed by atoms with Gasteiger partial charge in [-0.1, -0.05) is 0 Å². The zero-order valence-corrected chi connectivity index (χ0v) is 17.5. The molecular weight excluding hydrogens is 382 g/mol. The van der Waals surface area contributed by atoms with Gasteiger partial charge in [0.05, 0.1) is 13.0 Å². The predicted octanol–water partition coefficient (Wildman–Crippen LogP) is 3.38. The maximum atomic E-state index is 13.1. The first kappa shape index (κ1) is 19.6. The number of carbonyl (C=O) groups is 3. The summed E-state index contributed by atoms with van der Waals surface area (Å²) in [5.74, 6) is 1.80. The lowest BCUT2D eigenvalue weighted by Gasteiger charge is -2.55.